The lowest BCUT2D eigenvalue weighted by Crippen LogP contribution is -2.32. The highest BCUT2D eigenvalue weighted by Crippen LogP contribution is 2.24. The molecule has 0 saturated heterocycles. The summed E-state index contributed by atoms with van der Waals surface area (Å²) >= 11 is 0. The van der Waals surface area contributed by atoms with Crippen LogP contribution in [0.3, 0.4) is 0 Å². The number of benzene rings is 1. The molecule has 0 heterocycles. The van der Waals surface area contributed by atoms with Gasteiger partial charge < -0.3 is 0 Å². The number of hydrogen-bond acceptors (Lipinski definition) is 5. The van der Waals surface area contributed by atoms with Crippen molar-refractivity contribution in [1.29, 1.82) is 5.26 Å². The Kier molecular flexibility index (Phi) is 5.19. The molecule has 0 unspecified atom stereocenters. The molecule has 0 aliphatic heterocycles. The first kappa shape index (κ1) is 16.1. The number of aryl methyl sites for hydroxylation is 1. The van der Waals surface area contributed by atoms with Gasteiger partial charge in [-0.1, -0.05) is 13.0 Å². The van der Waals surface area contributed by atoms with E-state index in [0.29, 0.717) is 12.0 Å². The molecule has 0 amide bonds. The van der Waals surface area contributed by atoms with Crippen LogP contribution in [0.15, 0.2) is 23.1 Å². The van der Waals surface area contributed by atoms with Gasteiger partial charge in [0.15, 0.2) is 0 Å². The number of nitro benzene ring substituents is 1. The summed E-state index contributed by atoms with van der Waals surface area (Å²) in [6.07, 6.45) is 0.550. The number of hydrogen-bond donors (Lipinski definition) is 0. The Labute approximate surface area is 117 Å². The van der Waals surface area contributed by atoms with Crippen molar-refractivity contribution in [3.63, 3.8) is 0 Å². The maximum absolute atomic E-state index is 12.4. The van der Waals surface area contributed by atoms with Gasteiger partial charge in [-0.05, 0) is 19.4 Å². The van der Waals surface area contributed by atoms with Crippen molar-refractivity contribution in [2.24, 2.45) is 0 Å². The van der Waals surface area contributed by atoms with Gasteiger partial charge in [0.25, 0.3) is 5.69 Å². The zero-order valence-electron chi connectivity index (χ0n) is 11.2. The standard InChI is InChI=1S/C12H15N3O4S/c1-3-7-14(8-6-13)20(18,19)11-5-4-10(2)12(9-11)15(16)17/h4-5,9H,3,7-8H2,1-2H3. The number of nitrogens with zero attached hydrogens (tertiary/aromatic N) is 3. The molecule has 0 N–H and O–H groups in total. The van der Waals surface area contributed by atoms with Gasteiger partial charge in [-0.25, -0.2) is 8.42 Å². The quantitative estimate of drug-likeness (QED) is 0.452. The Bertz CT molecular complexity index is 649. The summed E-state index contributed by atoms with van der Waals surface area (Å²) in [7, 11) is -3.89. The van der Waals surface area contributed by atoms with Crippen molar-refractivity contribution < 1.29 is 13.3 Å². The second kappa shape index (κ2) is 6.45. The Hall–Kier alpha value is -1.98. The first-order chi connectivity index (χ1) is 9.34. The lowest BCUT2D eigenvalue weighted by Gasteiger charge is -2.18. The number of nitriles is 1. The first-order valence-corrected chi connectivity index (χ1v) is 7.40. The molecule has 1 rings (SSSR count). The van der Waals surface area contributed by atoms with Crippen LogP contribution in [0.5, 0.6) is 0 Å². The van der Waals surface area contributed by atoms with Crippen LogP contribution < -0.4 is 0 Å². The van der Waals surface area contributed by atoms with Gasteiger partial charge in [0.2, 0.25) is 10.0 Å². The van der Waals surface area contributed by atoms with Crippen molar-refractivity contribution in [2.75, 3.05) is 13.1 Å². The normalized spacial score (nSPS) is 11.3. The highest BCUT2D eigenvalue weighted by atomic mass is 32.2. The minimum Gasteiger partial charge on any atom is -0.258 e. The van der Waals surface area contributed by atoms with Crippen LogP contribution in [0.25, 0.3) is 0 Å². The van der Waals surface area contributed by atoms with Crippen LogP contribution >= 0.6 is 0 Å². The van der Waals surface area contributed by atoms with Gasteiger partial charge in [-0.3, -0.25) is 10.1 Å². The summed E-state index contributed by atoms with van der Waals surface area (Å²) in [4.78, 5) is 10.1. The highest BCUT2D eigenvalue weighted by Gasteiger charge is 2.26. The van der Waals surface area contributed by atoms with Crippen LogP contribution in [0.2, 0.25) is 0 Å². The molecule has 0 saturated carbocycles. The van der Waals surface area contributed by atoms with Crippen molar-refractivity contribution in [1.82, 2.24) is 4.31 Å². The van der Waals surface area contributed by atoms with Gasteiger partial charge in [0, 0.05) is 18.2 Å². The van der Waals surface area contributed by atoms with Gasteiger partial charge in [0.05, 0.1) is 15.9 Å². The van der Waals surface area contributed by atoms with Crippen LogP contribution in [-0.2, 0) is 10.0 Å². The van der Waals surface area contributed by atoms with E-state index < -0.39 is 14.9 Å². The molecule has 0 radical (unpaired) electrons. The molecular weight excluding hydrogens is 282 g/mol. The Morgan fingerprint density at radius 3 is 2.60 bits per heavy atom. The average molecular weight is 297 g/mol. The zero-order valence-corrected chi connectivity index (χ0v) is 12.1. The van der Waals surface area contributed by atoms with E-state index in [1.165, 1.54) is 19.1 Å². The van der Waals surface area contributed by atoms with Crippen molar-refractivity contribution in [3.8, 4) is 6.07 Å². The third kappa shape index (κ3) is 3.31. The molecule has 7 nitrogen and oxygen atoms in total. The largest absolute Gasteiger partial charge is 0.273 e. The molecule has 8 heteroatoms. The van der Waals surface area contributed by atoms with Gasteiger partial charge in [0.1, 0.15) is 6.54 Å². The summed E-state index contributed by atoms with van der Waals surface area (Å²) in [6.45, 7) is 3.24. The molecule has 1 aromatic carbocycles. The SMILES string of the molecule is CCCN(CC#N)S(=O)(=O)c1ccc(C)c([N+](=O)[O-])c1. The Balaban J connectivity index is 3.31. The molecule has 0 aromatic heterocycles. The predicted molar refractivity (Wildman–Crippen MR) is 72.5 cm³/mol. The molecule has 20 heavy (non-hydrogen) atoms. The molecule has 0 atom stereocenters. The zero-order chi connectivity index (χ0) is 15.3. The van der Waals surface area contributed by atoms with Crippen LogP contribution in [-0.4, -0.2) is 30.7 Å². The van der Waals surface area contributed by atoms with Gasteiger partial charge in [-0.2, -0.15) is 9.57 Å². The third-order valence-electron chi connectivity index (χ3n) is 2.74. The molecule has 1 aromatic rings. The summed E-state index contributed by atoms with van der Waals surface area (Å²) in [6, 6.07) is 5.53. The van der Waals surface area contributed by atoms with Crippen molar-refractivity contribution >= 4 is 15.7 Å². The number of rotatable bonds is 6. The lowest BCUT2D eigenvalue weighted by atomic mass is 10.2. The summed E-state index contributed by atoms with van der Waals surface area (Å²) in [5, 5.41) is 19.6. The smallest absolute Gasteiger partial charge is 0.258 e. The highest BCUT2D eigenvalue weighted by molar-refractivity contribution is 7.89. The molecule has 0 spiro atoms. The summed E-state index contributed by atoms with van der Waals surface area (Å²) in [5.74, 6) is 0. The molecule has 0 aliphatic rings. The molecule has 0 bridgehead atoms. The predicted octanol–water partition coefficient (Wildman–Crippen LogP) is 1.83. The molecular formula is C12H15N3O4S. The summed E-state index contributed by atoms with van der Waals surface area (Å²) in [5.41, 5.74) is 0.135. The Morgan fingerprint density at radius 2 is 2.10 bits per heavy atom. The lowest BCUT2D eigenvalue weighted by molar-refractivity contribution is -0.385. The second-order valence-corrected chi connectivity index (χ2v) is 6.14. The fraction of sp³-hybridized carbons (Fsp3) is 0.417. The monoisotopic (exact) mass is 297 g/mol. The molecule has 0 fully saturated rings. The average Bonchev–Trinajstić information content (AvgIpc) is 2.38. The van der Waals surface area contributed by atoms with Gasteiger partial charge in [-0.15, -0.1) is 0 Å². The van der Waals surface area contributed by atoms with E-state index in [-0.39, 0.29) is 23.7 Å². The molecule has 0 aliphatic carbocycles. The minimum absolute atomic E-state index is 0.168. The maximum Gasteiger partial charge on any atom is 0.273 e. The number of nitro groups is 1. The minimum atomic E-state index is -3.89. The van der Waals surface area contributed by atoms with E-state index in [4.69, 9.17) is 5.26 Å². The van der Waals surface area contributed by atoms with Crippen LogP contribution in [0.4, 0.5) is 5.69 Å². The first-order valence-electron chi connectivity index (χ1n) is 5.96. The van der Waals surface area contributed by atoms with Crippen molar-refractivity contribution in [2.45, 2.75) is 25.2 Å². The van der Waals surface area contributed by atoms with Crippen LogP contribution in [0, 0.1) is 28.4 Å². The van der Waals surface area contributed by atoms with E-state index in [2.05, 4.69) is 0 Å². The van der Waals surface area contributed by atoms with E-state index in [1.54, 1.807) is 13.0 Å². The Morgan fingerprint density at radius 1 is 1.45 bits per heavy atom. The fourth-order valence-electron chi connectivity index (χ4n) is 1.71. The maximum atomic E-state index is 12.4. The van der Waals surface area contributed by atoms with Gasteiger partial charge >= 0.3 is 0 Å². The van der Waals surface area contributed by atoms with Crippen LogP contribution in [0.1, 0.15) is 18.9 Å². The van der Waals surface area contributed by atoms with E-state index >= 15 is 0 Å². The number of sulfonamides is 1. The third-order valence-corrected chi connectivity index (χ3v) is 4.58. The molecule has 108 valence electrons. The second-order valence-electron chi connectivity index (χ2n) is 4.20. The van der Waals surface area contributed by atoms with E-state index in [1.807, 2.05) is 0 Å². The van der Waals surface area contributed by atoms with E-state index in [9.17, 15) is 18.5 Å². The fourth-order valence-corrected chi connectivity index (χ4v) is 3.16. The van der Waals surface area contributed by atoms with E-state index in [0.717, 1.165) is 10.4 Å². The van der Waals surface area contributed by atoms with Crippen molar-refractivity contribution in [3.05, 3.63) is 33.9 Å². The topological polar surface area (TPSA) is 104 Å². The summed E-state index contributed by atoms with van der Waals surface area (Å²) < 4.78 is 25.7.